The highest BCUT2D eigenvalue weighted by molar-refractivity contribution is 5.96. The molecule has 1 aromatic rings. The summed E-state index contributed by atoms with van der Waals surface area (Å²) in [6.07, 6.45) is 2.26. The lowest BCUT2D eigenvalue weighted by Gasteiger charge is -2.23. The van der Waals surface area contributed by atoms with Crippen LogP contribution in [0.15, 0.2) is 18.2 Å². The van der Waals surface area contributed by atoms with Crippen LogP contribution < -0.4 is 5.32 Å². The van der Waals surface area contributed by atoms with Gasteiger partial charge in [0.05, 0.1) is 5.60 Å². The number of nitrogens with zero attached hydrogens (tertiary/aromatic N) is 1. The maximum absolute atomic E-state index is 12.7. The molecule has 4 nitrogen and oxygen atoms in total. The van der Waals surface area contributed by atoms with Gasteiger partial charge in [-0.1, -0.05) is 0 Å². The van der Waals surface area contributed by atoms with E-state index in [0.29, 0.717) is 13.0 Å². The molecule has 1 amide bonds. The molecule has 1 aromatic carbocycles. The number of likely N-dealkylation sites (tertiary alicyclic amines) is 1. The van der Waals surface area contributed by atoms with Gasteiger partial charge >= 0.3 is 0 Å². The van der Waals surface area contributed by atoms with Gasteiger partial charge in [-0.05, 0) is 63.8 Å². The standard InChI is InChI=1S/C17H26N2O2/c1-4-18-14-6-7-15(13(2)12-14)16(20)19-10-5-8-17(3,21)9-11-19/h6-7,12,18,21H,4-5,8-11H2,1-3H3. The smallest absolute Gasteiger partial charge is 0.254 e. The van der Waals surface area contributed by atoms with Gasteiger partial charge in [0, 0.05) is 30.9 Å². The summed E-state index contributed by atoms with van der Waals surface area (Å²) in [5, 5.41) is 13.4. The van der Waals surface area contributed by atoms with Gasteiger partial charge in [-0.25, -0.2) is 0 Å². The van der Waals surface area contributed by atoms with E-state index in [1.54, 1.807) is 0 Å². The Balaban J connectivity index is 2.12. The highest BCUT2D eigenvalue weighted by atomic mass is 16.3. The number of hydrogen-bond acceptors (Lipinski definition) is 3. The molecule has 1 unspecified atom stereocenters. The molecule has 1 fully saturated rings. The van der Waals surface area contributed by atoms with E-state index in [0.717, 1.165) is 42.7 Å². The van der Waals surface area contributed by atoms with E-state index in [-0.39, 0.29) is 5.91 Å². The van der Waals surface area contributed by atoms with Gasteiger partial charge in [-0.15, -0.1) is 0 Å². The van der Waals surface area contributed by atoms with Crippen LogP contribution in [0.1, 0.15) is 49.0 Å². The molecule has 1 aliphatic rings. The van der Waals surface area contributed by atoms with Crippen LogP contribution in [0.5, 0.6) is 0 Å². The average Bonchev–Trinajstić information content (AvgIpc) is 2.60. The second kappa shape index (κ2) is 6.48. The van der Waals surface area contributed by atoms with E-state index >= 15 is 0 Å². The molecule has 0 aromatic heterocycles. The van der Waals surface area contributed by atoms with Crippen LogP contribution in [-0.2, 0) is 0 Å². The quantitative estimate of drug-likeness (QED) is 0.900. The third-order valence-corrected chi connectivity index (χ3v) is 4.19. The van der Waals surface area contributed by atoms with Crippen molar-refractivity contribution in [1.82, 2.24) is 4.90 Å². The fourth-order valence-electron chi connectivity index (χ4n) is 2.85. The minimum atomic E-state index is -0.640. The van der Waals surface area contributed by atoms with Gasteiger partial charge in [0.2, 0.25) is 0 Å². The van der Waals surface area contributed by atoms with Gasteiger partial charge in [-0.2, -0.15) is 0 Å². The first-order valence-electron chi connectivity index (χ1n) is 7.79. The summed E-state index contributed by atoms with van der Waals surface area (Å²) in [5.74, 6) is 0.0771. The normalized spacial score (nSPS) is 22.8. The van der Waals surface area contributed by atoms with Gasteiger partial charge in [0.15, 0.2) is 0 Å². The Hall–Kier alpha value is -1.55. The molecule has 0 radical (unpaired) electrons. The maximum atomic E-state index is 12.7. The van der Waals surface area contributed by atoms with Crippen LogP contribution in [-0.4, -0.2) is 41.1 Å². The third-order valence-electron chi connectivity index (χ3n) is 4.19. The largest absolute Gasteiger partial charge is 0.390 e. The number of nitrogens with one attached hydrogen (secondary N) is 1. The molecule has 0 aliphatic carbocycles. The summed E-state index contributed by atoms with van der Waals surface area (Å²) >= 11 is 0. The van der Waals surface area contributed by atoms with Crippen LogP contribution in [0.4, 0.5) is 5.69 Å². The Morgan fingerprint density at radius 2 is 2.14 bits per heavy atom. The predicted molar refractivity (Wildman–Crippen MR) is 85.7 cm³/mol. The predicted octanol–water partition coefficient (Wildman–Crippen LogP) is 2.80. The van der Waals surface area contributed by atoms with E-state index < -0.39 is 5.60 Å². The van der Waals surface area contributed by atoms with E-state index in [9.17, 15) is 9.90 Å². The number of amides is 1. The molecule has 2 rings (SSSR count). The Kier molecular flexibility index (Phi) is 4.88. The SMILES string of the molecule is CCNc1ccc(C(=O)N2CCCC(C)(O)CC2)c(C)c1. The molecule has 116 valence electrons. The van der Waals surface area contributed by atoms with Crippen molar-refractivity contribution in [3.8, 4) is 0 Å². The number of carbonyl (C=O) groups excluding carboxylic acids is 1. The van der Waals surface area contributed by atoms with Crippen molar-refractivity contribution in [2.75, 3.05) is 25.0 Å². The molecule has 1 saturated heterocycles. The summed E-state index contributed by atoms with van der Waals surface area (Å²) in [5.41, 5.74) is 2.16. The lowest BCUT2D eigenvalue weighted by Crippen LogP contribution is -2.33. The summed E-state index contributed by atoms with van der Waals surface area (Å²) < 4.78 is 0. The van der Waals surface area contributed by atoms with Crippen LogP contribution in [0.3, 0.4) is 0 Å². The fraction of sp³-hybridized carbons (Fsp3) is 0.588. The number of hydrogen-bond donors (Lipinski definition) is 2. The minimum Gasteiger partial charge on any atom is -0.390 e. The van der Waals surface area contributed by atoms with Crippen molar-refractivity contribution in [3.63, 3.8) is 0 Å². The topological polar surface area (TPSA) is 52.6 Å². The van der Waals surface area contributed by atoms with Crippen LogP contribution in [0.2, 0.25) is 0 Å². The highest BCUT2D eigenvalue weighted by Crippen LogP contribution is 2.23. The summed E-state index contributed by atoms with van der Waals surface area (Å²) in [6.45, 7) is 8.11. The molecule has 0 spiro atoms. The van der Waals surface area contributed by atoms with Crippen LogP contribution >= 0.6 is 0 Å². The van der Waals surface area contributed by atoms with Crippen molar-refractivity contribution < 1.29 is 9.90 Å². The van der Waals surface area contributed by atoms with Crippen LogP contribution in [0, 0.1) is 6.92 Å². The number of aliphatic hydroxyl groups is 1. The molecule has 0 bridgehead atoms. The molecular weight excluding hydrogens is 264 g/mol. The Morgan fingerprint density at radius 1 is 1.38 bits per heavy atom. The maximum Gasteiger partial charge on any atom is 0.254 e. The minimum absolute atomic E-state index is 0.0771. The number of benzene rings is 1. The molecule has 2 N–H and O–H groups in total. The zero-order valence-electron chi connectivity index (χ0n) is 13.3. The van der Waals surface area contributed by atoms with Crippen molar-refractivity contribution in [3.05, 3.63) is 29.3 Å². The fourth-order valence-corrected chi connectivity index (χ4v) is 2.85. The van der Waals surface area contributed by atoms with Crippen molar-refractivity contribution >= 4 is 11.6 Å². The number of rotatable bonds is 3. The number of carbonyl (C=O) groups is 1. The molecule has 1 atom stereocenters. The van der Waals surface area contributed by atoms with Gasteiger partial charge in [0.1, 0.15) is 0 Å². The zero-order valence-corrected chi connectivity index (χ0v) is 13.3. The van der Waals surface area contributed by atoms with Crippen molar-refractivity contribution in [2.45, 2.75) is 45.6 Å². The molecule has 1 heterocycles. The van der Waals surface area contributed by atoms with E-state index in [2.05, 4.69) is 12.2 Å². The second-order valence-corrected chi connectivity index (χ2v) is 6.20. The Bertz CT molecular complexity index is 512. The lowest BCUT2D eigenvalue weighted by atomic mass is 9.98. The molecular formula is C17H26N2O2. The zero-order chi connectivity index (χ0) is 15.5. The summed E-state index contributed by atoms with van der Waals surface area (Å²) in [7, 11) is 0. The monoisotopic (exact) mass is 290 g/mol. The van der Waals surface area contributed by atoms with Crippen LogP contribution in [0.25, 0.3) is 0 Å². The molecule has 4 heteroatoms. The number of anilines is 1. The highest BCUT2D eigenvalue weighted by Gasteiger charge is 2.27. The third kappa shape index (κ3) is 3.97. The van der Waals surface area contributed by atoms with E-state index in [1.165, 1.54) is 0 Å². The first-order chi connectivity index (χ1) is 9.93. The average molecular weight is 290 g/mol. The second-order valence-electron chi connectivity index (χ2n) is 6.20. The Labute approximate surface area is 127 Å². The van der Waals surface area contributed by atoms with E-state index in [1.807, 2.05) is 36.9 Å². The van der Waals surface area contributed by atoms with Gasteiger partial charge < -0.3 is 15.3 Å². The summed E-state index contributed by atoms with van der Waals surface area (Å²) in [6, 6.07) is 5.88. The van der Waals surface area contributed by atoms with Crippen molar-refractivity contribution in [1.29, 1.82) is 0 Å². The van der Waals surface area contributed by atoms with E-state index in [4.69, 9.17) is 0 Å². The Morgan fingerprint density at radius 3 is 2.81 bits per heavy atom. The van der Waals surface area contributed by atoms with Gasteiger partial charge in [-0.3, -0.25) is 4.79 Å². The number of aryl methyl sites for hydroxylation is 1. The molecule has 21 heavy (non-hydrogen) atoms. The van der Waals surface area contributed by atoms with Crippen molar-refractivity contribution in [2.24, 2.45) is 0 Å². The first-order valence-corrected chi connectivity index (χ1v) is 7.79. The molecule has 0 saturated carbocycles. The molecule has 1 aliphatic heterocycles. The first kappa shape index (κ1) is 15.8. The summed E-state index contributed by atoms with van der Waals surface area (Å²) in [4.78, 5) is 14.5. The van der Waals surface area contributed by atoms with Gasteiger partial charge in [0.25, 0.3) is 5.91 Å². The lowest BCUT2D eigenvalue weighted by molar-refractivity contribution is 0.0438.